The second-order valence-corrected chi connectivity index (χ2v) is 4.66. The van der Waals surface area contributed by atoms with Crippen LogP contribution in [0.4, 0.5) is 4.39 Å². The van der Waals surface area contributed by atoms with Crippen molar-refractivity contribution in [2.45, 2.75) is 12.8 Å². The minimum Gasteiger partial charge on any atom is -0.478 e. The van der Waals surface area contributed by atoms with Crippen LogP contribution in [0.1, 0.15) is 21.9 Å². The van der Waals surface area contributed by atoms with Gasteiger partial charge < -0.3 is 10.1 Å². The molecular formula is C15H12FN3O2. The highest BCUT2D eigenvalue weighted by Crippen LogP contribution is 2.18. The van der Waals surface area contributed by atoms with Crippen LogP contribution in [0.25, 0.3) is 11.0 Å². The highest BCUT2D eigenvalue weighted by molar-refractivity contribution is 5.92. The first-order chi connectivity index (χ1) is 10.1. The van der Waals surface area contributed by atoms with Crippen molar-refractivity contribution < 1.29 is 14.3 Å². The second-order valence-electron chi connectivity index (χ2n) is 4.66. The van der Waals surface area contributed by atoms with Crippen LogP contribution in [-0.4, -0.2) is 26.0 Å². The number of aromatic carboxylic acids is 1. The van der Waals surface area contributed by atoms with Crippen LogP contribution in [-0.2, 0) is 12.8 Å². The molecule has 5 nitrogen and oxygen atoms in total. The molecule has 2 N–H and O–H groups in total. The lowest BCUT2D eigenvalue weighted by Crippen LogP contribution is -1.99. The molecule has 0 aliphatic carbocycles. The molecule has 3 rings (SSSR count). The van der Waals surface area contributed by atoms with E-state index in [1.54, 1.807) is 6.20 Å². The summed E-state index contributed by atoms with van der Waals surface area (Å²) in [7, 11) is 0. The molecule has 0 atom stereocenters. The molecule has 0 unspecified atom stereocenters. The summed E-state index contributed by atoms with van der Waals surface area (Å²) in [6, 6.07) is 8.09. The van der Waals surface area contributed by atoms with E-state index in [1.165, 1.54) is 6.07 Å². The number of rotatable bonds is 4. The molecule has 0 fully saturated rings. The van der Waals surface area contributed by atoms with Crippen LogP contribution >= 0.6 is 0 Å². The first kappa shape index (κ1) is 13.2. The number of carboxylic acid groups (broad SMARTS) is 1. The van der Waals surface area contributed by atoms with E-state index in [9.17, 15) is 9.18 Å². The van der Waals surface area contributed by atoms with Crippen LogP contribution in [0.3, 0.4) is 0 Å². The summed E-state index contributed by atoms with van der Waals surface area (Å²) >= 11 is 0. The fourth-order valence-electron chi connectivity index (χ4n) is 2.16. The predicted octanol–water partition coefficient (Wildman–Crippen LogP) is 2.58. The Morgan fingerprint density at radius 1 is 1.29 bits per heavy atom. The number of nitrogens with one attached hydrogen (secondary N) is 1. The zero-order valence-electron chi connectivity index (χ0n) is 11.0. The molecule has 2 aromatic heterocycles. The number of aryl methyl sites for hydroxylation is 2. The lowest BCUT2D eigenvalue weighted by molar-refractivity contribution is 0.0692. The van der Waals surface area contributed by atoms with Gasteiger partial charge >= 0.3 is 5.97 Å². The number of aromatic nitrogens is 3. The third-order valence-electron chi connectivity index (χ3n) is 3.19. The average Bonchev–Trinajstić information content (AvgIpc) is 2.87. The van der Waals surface area contributed by atoms with Gasteiger partial charge in [-0.2, -0.15) is 0 Å². The van der Waals surface area contributed by atoms with Crippen LogP contribution in [0.5, 0.6) is 0 Å². The van der Waals surface area contributed by atoms with E-state index >= 15 is 0 Å². The number of nitrogens with zero attached hydrogens (tertiary/aromatic N) is 2. The van der Waals surface area contributed by atoms with E-state index in [1.807, 2.05) is 18.2 Å². The molecular weight excluding hydrogens is 273 g/mol. The van der Waals surface area contributed by atoms with Crippen molar-refractivity contribution in [1.82, 2.24) is 15.0 Å². The summed E-state index contributed by atoms with van der Waals surface area (Å²) < 4.78 is 13.6. The zero-order chi connectivity index (χ0) is 14.8. The summed E-state index contributed by atoms with van der Waals surface area (Å²) in [5, 5.41) is 8.90. The first-order valence-corrected chi connectivity index (χ1v) is 6.45. The van der Waals surface area contributed by atoms with Crippen LogP contribution in [0.15, 0.2) is 36.5 Å². The Bertz CT molecular complexity index is 799. The van der Waals surface area contributed by atoms with Crippen LogP contribution in [0, 0.1) is 5.82 Å². The number of imidazole rings is 1. The number of hydrogen-bond donors (Lipinski definition) is 2. The monoisotopic (exact) mass is 285 g/mol. The largest absolute Gasteiger partial charge is 0.478 e. The van der Waals surface area contributed by atoms with E-state index in [0.29, 0.717) is 29.7 Å². The first-order valence-electron chi connectivity index (χ1n) is 6.45. The normalized spacial score (nSPS) is 10.9. The van der Waals surface area contributed by atoms with Crippen molar-refractivity contribution in [1.29, 1.82) is 0 Å². The van der Waals surface area contributed by atoms with E-state index < -0.39 is 11.8 Å². The quantitative estimate of drug-likeness (QED) is 0.772. The number of benzene rings is 1. The van der Waals surface area contributed by atoms with E-state index in [0.717, 1.165) is 11.8 Å². The van der Waals surface area contributed by atoms with Gasteiger partial charge in [0.2, 0.25) is 0 Å². The number of hydrogen-bond acceptors (Lipinski definition) is 3. The minimum absolute atomic E-state index is 0.370. The van der Waals surface area contributed by atoms with Gasteiger partial charge in [0, 0.05) is 24.4 Å². The number of aromatic amines is 1. The standard InChI is InChI=1S/C15H12FN3O2/c16-11-8-13-12(7-10(11)15(20)21)18-14(19-13)5-4-9-3-1-2-6-17-9/h1-3,6-8H,4-5H2,(H,18,19)(H,20,21). The van der Waals surface area contributed by atoms with Crippen molar-refractivity contribution in [3.8, 4) is 0 Å². The summed E-state index contributed by atoms with van der Waals surface area (Å²) in [6.07, 6.45) is 3.05. The Balaban J connectivity index is 1.86. The number of halogens is 1. The van der Waals surface area contributed by atoms with Gasteiger partial charge in [-0.15, -0.1) is 0 Å². The molecule has 0 aliphatic rings. The predicted molar refractivity (Wildman–Crippen MR) is 74.7 cm³/mol. The van der Waals surface area contributed by atoms with Crippen molar-refractivity contribution in [3.05, 3.63) is 59.4 Å². The van der Waals surface area contributed by atoms with Crippen LogP contribution < -0.4 is 0 Å². The lowest BCUT2D eigenvalue weighted by atomic mass is 10.2. The number of pyridine rings is 1. The molecule has 0 bridgehead atoms. The fourth-order valence-corrected chi connectivity index (χ4v) is 2.16. The number of fused-ring (bicyclic) bond motifs is 1. The molecule has 0 radical (unpaired) electrons. The Morgan fingerprint density at radius 3 is 2.86 bits per heavy atom. The SMILES string of the molecule is O=C(O)c1cc2nc(CCc3ccccn3)[nH]c2cc1F. The fraction of sp³-hybridized carbons (Fsp3) is 0.133. The van der Waals surface area contributed by atoms with Crippen molar-refractivity contribution in [3.63, 3.8) is 0 Å². The smallest absolute Gasteiger partial charge is 0.338 e. The Kier molecular flexibility index (Phi) is 3.35. The molecule has 0 saturated carbocycles. The number of carboxylic acids is 1. The van der Waals surface area contributed by atoms with Crippen LogP contribution in [0.2, 0.25) is 0 Å². The molecule has 0 spiro atoms. The van der Waals surface area contributed by atoms with Crippen molar-refractivity contribution in [2.24, 2.45) is 0 Å². The summed E-state index contributed by atoms with van der Waals surface area (Å²) in [6.45, 7) is 0. The van der Waals surface area contributed by atoms with Gasteiger partial charge in [0.15, 0.2) is 0 Å². The number of carbonyl (C=O) groups is 1. The maximum Gasteiger partial charge on any atom is 0.338 e. The molecule has 0 amide bonds. The van der Waals surface area contributed by atoms with E-state index in [2.05, 4.69) is 15.0 Å². The molecule has 2 heterocycles. The minimum atomic E-state index is -1.30. The molecule has 1 aromatic carbocycles. The highest BCUT2D eigenvalue weighted by Gasteiger charge is 2.14. The van der Waals surface area contributed by atoms with Gasteiger partial charge in [-0.25, -0.2) is 14.2 Å². The lowest BCUT2D eigenvalue weighted by Gasteiger charge is -1.96. The van der Waals surface area contributed by atoms with E-state index in [4.69, 9.17) is 5.11 Å². The summed E-state index contributed by atoms with van der Waals surface area (Å²) in [5.74, 6) is -1.39. The number of H-pyrrole nitrogens is 1. The van der Waals surface area contributed by atoms with Gasteiger partial charge in [-0.05, 0) is 24.6 Å². The van der Waals surface area contributed by atoms with Gasteiger partial charge in [-0.3, -0.25) is 4.98 Å². The maximum absolute atomic E-state index is 13.6. The van der Waals surface area contributed by atoms with E-state index in [-0.39, 0.29) is 5.56 Å². The summed E-state index contributed by atoms with van der Waals surface area (Å²) in [4.78, 5) is 22.4. The molecule has 6 heteroatoms. The summed E-state index contributed by atoms with van der Waals surface area (Å²) in [5.41, 5.74) is 1.51. The van der Waals surface area contributed by atoms with Crippen molar-refractivity contribution >= 4 is 17.0 Å². The second kappa shape index (κ2) is 5.32. The highest BCUT2D eigenvalue weighted by atomic mass is 19.1. The molecule has 0 aliphatic heterocycles. The third-order valence-corrected chi connectivity index (χ3v) is 3.19. The molecule has 21 heavy (non-hydrogen) atoms. The Labute approximate surface area is 119 Å². The molecule has 106 valence electrons. The molecule has 3 aromatic rings. The Morgan fingerprint density at radius 2 is 2.14 bits per heavy atom. The zero-order valence-corrected chi connectivity index (χ0v) is 11.0. The van der Waals surface area contributed by atoms with Gasteiger partial charge in [0.05, 0.1) is 16.6 Å². The van der Waals surface area contributed by atoms with Gasteiger partial charge in [-0.1, -0.05) is 6.07 Å². The molecule has 0 saturated heterocycles. The Hall–Kier alpha value is -2.76. The van der Waals surface area contributed by atoms with Crippen molar-refractivity contribution in [2.75, 3.05) is 0 Å². The average molecular weight is 285 g/mol. The van der Waals surface area contributed by atoms with Gasteiger partial charge in [0.1, 0.15) is 11.6 Å². The topological polar surface area (TPSA) is 78.9 Å². The van der Waals surface area contributed by atoms with Gasteiger partial charge in [0.25, 0.3) is 0 Å². The third kappa shape index (κ3) is 2.74. The maximum atomic E-state index is 13.6.